The van der Waals surface area contributed by atoms with Crippen molar-refractivity contribution in [1.82, 2.24) is 9.97 Å². The van der Waals surface area contributed by atoms with Gasteiger partial charge in [0.05, 0.1) is 17.1 Å². The zero-order valence-corrected chi connectivity index (χ0v) is 12.9. The second-order valence-electron chi connectivity index (χ2n) is 5.21. The zero-order valence-electron chi connectivity index (χ0n) is 12.1. The van der Waals surface area contributed by atoms with E-state index in [2.05, 4.69) is 63.1 Å². The molecule has 2 aromatic carbocycles. The molecule has 4 heteroatoms. The van der Waals surface area contributed by atoms with E-state index < -0.39 is 0 Å². The van der Waals surface area contributed by atoms with Crippen LogP contribution in [0.15, 0.2) is 60.0 Å². The maximum atomic E-state index is 4.52. The number of nitrogens with zero attached hydrogens (tertiary/aromatic N) is 1. The summed E-state index contributed by atoms with van der Waals surface area (Å²) in [5, 5.41) is 7.64. The Bertz CT molecular complexity index is 922. The normalized spacial score (nSPS) is 11.0. The second kappa shape index (κ2) is 5.31. The van der Waals surface area contributed by atoms with Gasteiger partial charge in [0, 0.05) is 21.8 Å². The average Bonchev–Trinajstić information content (AvgIpc) is 3.13. The monoisotopic (exact) mass is 305 g/mol. The minimum absolute atomic E-state index is 0.916. The highest BCUT2D eigenvalue weighted by Crippen LogP contribution is 2.37. The number of aromatic nitrogens is 2. The fourth-order valence-corrected chi connectivity index (χ4v) is 3.30. The van der Waals surface area contributed by atoms with Crippen LogP contribution in [0, 0.1) is 6.92 Å². The van der Waals surface area contributed by atoms with Crippen molar-refractivity contribution in [3.8, 4) is 11.3 Å². The number of anilines is 2. The first-order valence-electron chi connectivity index (χ1n) is 7.16. The van der Waals surface area contributed by atoms with E-state index in [0.29, 0.717) is 0 Å². The number of rotatable bonds is 3. The lowest BCUT2D eigenvalue weighted by atomic mass is 10.1. The van der Waals surface area contributed by atoms with E-state index in [9.17, 15) is 0 Å². The first kappa shape index (κ1) is 13.1. The molecular weight excluding hydrogens is 290 g/mol. The van der Waals surface area contributed by atoms with Gasteiger partial charge in [-0.2, -0.15) is 0 Å². The van der Waals surface area contributed by atoms with Gasteiger partial charge in [0.1, 0.15) is 0 Å². The molecule has 2 aromatic heterocycles. The zero-order chi connectivity index (χ0) is 14.9. The third-order valence-corrected chi connectivity index (χ3v) is 4.50. The Morgan fingerprint density at radius 3 is 2.55 bits per heavy atom. The largest absolute Gasteiger partial charge is 0.353 e. The minimum atomic E-state index is 0.916. The van der Waals surface area contributed by atoms with Crippen molar-refractivity contribution in [2.24, 2.45) is 0 Å². The van der Waals surface area contributed by atoms with Crippen LogP contribution in [0.5, 0.6) is 0 Å². The topological polar surface area (TPSA) is 40.7 Å². The Morgan fingerprint density at radius 1 is 1.00 bits per heavy atom. The van der Waals surface area contributed by atoms with Crippen molar-refractivity contribution in [2.75, 3.05) is 5.32 Å². The summed E-state index contributed by atoms with van der Waals surface area (Å²) < 4.78 is 0. The summed E-state index contributed by atoms with van der Waals surface area (Å²) in [5.41, 5.74) is 5.49. The van der Waals surface area contributed by atoms with E-state index in [4.69, 9.17) is 0 Å². The lowest BCUT2D eigenvalue weighted by Crippen LogP contribution is -1.91. The Morgan fingerprint density at radius 2 is 1.77 bits per heavy atom. The number of aromatic amines is 1. The quantitative estimate of drug-likeness (QED) is 0.536. The number of fused-ring (bicyclic) bond motifs is 1. The highest BCUT2D eigenvalue weighted by Gasteiger charge is 2.14. The van der Waals surface area contributed by atoms with Crippen LogP contribution >= 0.6 is 11.3 Å². The van der Waals surface area contributed by atoms with Gasteiger partial charge >= 0.3 is 0 Å². The van der Waals surface area contributed by atoms with E-state index in [1.165, 1.54) is 5.39 Å². The molecule has 0 aliphatic heterocycles. The Labute approximate surface area is 132 Å². The molecule has 3 nitrogen and oxygen atoms in total. The van der Waals surface area contributed by atoms with Gasteiger partial charge in [0.2, 0.25) is 0 Å². The van der Waals surface area contributed by atoms with Gasteiger partial charge in [-0.15, -0.1) is 11.3 Å². The van der Waals surface area contributed by atoms with Crippen LogP contribution in [0.4, 0.5) is 10.8 Å². The van der Waals surface area contributed by atoms with Gasteiger partial charge in [0.15, 0.2) is 5.13 Å². The summed E-state index contributed by atoms with van der Waals surface area (Å²) in [6.07, 6.45) is 0. The average molecular weight is 305 g/mol. The van der Waals surface area contributed by atoms with Crippen molar-refractivity contribution in [3.05, 3.63) is 65.7 Å². The molecular formula is C18H15N3S. The lowest BCUT2D eigenvalue weighted by Gasteiger charge is -2.06. The second-order valence-corrected chi connectivity index (χ2v) is 6.06. The summed E-state index contributed by atoms with van der Waals surface area (Å²) in [6.45, 7) is 2.01. The number of para-hydroxylation sites is 1. The molecule has 22 heavy (non-hydrogen) atoms. The number of hydrogen-bond donors (Lipinski definition) is 2. The number of nitrogens with one attached hydrogen (secondary N) is 2. The van der Waals surface area contributed by atoms with Crippen molar-refractivity contribution in [1.29, 1.82) is 0 Å². The molecule has 0 radical (unpaired) electrons. The first-order chi connectivity index (χ1) is 10.8. The van der Waals surface area contributed by atoms with E-state index >= 15 is 0 Å². The molecule has 2 N–H and O–H groups in total. The molecule has 0 amide bonds. The van der Waals surface area contributed by atoms with Crippen molar-refractivity contribution >= 4 is 33.1 Å². The Balaban J connectivity index is 1.90. The molecule has 0 bridgehead atoms. The molecule has 0 unspecified atom stereocenters. The Hall–Kier alpha value is -2.59. The first-order valence-corrected chi connectivity index (χ1v) is 8.04. The van der Waals surface area contributed by atoms with Crippen molar-refractivity contribution < 1.29 is 0 Å². The molecule has 0 aliphatic rings. The van der Waals surface area contributed by atoms with Crippen molar-refractivity contribution in [3.63, 3.8) is 0 Å². The molecule has 4 aromatic rings. The molecule has 108 valence electrons. The predicted octanol–water partition coefficient (Wildman–Crippen LogP) is 5.34. The highest BCUT2D eigenvalue weighted by atomic mass is 32.1. The molecule has 0 aliphatic carbocycles. The van der Waals surface area contributed by atoms with Crippen LogP contribution in [-0.4, -0.2) is 9.97 Å². The van der Waals surface area contributed by atoms with Gasteiger partial charge in [-0.25, -0.2) is 4.98 Å². The predicted molar refractivity (Wildman–Crippen MR) is 93.9 cm³/mol. The maximum Gasteiger partial charge on any atom is 0.187 e. The van der Waals surface area contributed by atoms with Crippen molar-refractivity contribution in [2.45, 2.75) is 6.92 Å². The summed E-state index contributed by atoms with van der Waals surface area (Å²) in [5.74, 6) is 0. The van der Waals surface area contributed by atoms with E-state index in [0.717, 1.165) is 33.3 Å². The number of thiazole rings is 1. The summed E-state index contributed by atoms with van der Waals surface area (Å²) in [7, 11) is 0. The number of hydrogen-bond acceptors (Lipinski definition) is 3. The molecule has 0 atom stereocenters. The fourth-order valence-electron chi connectivity index (χ4n) is 2.61. The van der Waals surface area contributed by atoms with Gasteiger partial charge in [0.25, 0.3) is 0 Å². The summed E-state index contributed by atoms with van der Waals surface area (Å²) in [6, 6.07) is 18.7. The molecule has 0 spiro atoms. The minimum Gasteiger partial charge on any atom is -0.353 e. The van der Waals surface area contributed by atoms with Crippen LogP contribution < -0.4 is 5.32 Å². The molecule has 0 saturated heterocycles. The SMILES string of the molecule is Cc1csc(Nc2c(-c3ccccc3)[nH]c3ccccc23)n1. The lowest BCUT2D eigenvalue weighted by molar-refractivity contribution is 1.26. The molecule has 0 fully saturated rings. The van der Waals surface area contributed by atoms with Crippen LogP contribution in [0.1, 0.15) is 5.69 Å². The molecule has 2 heterocycles. The number of aryl methyl sites for hydroxylation is 1. The van der Waals surface area contributed by atoms with Gasteiger partial charge in [-0.05, 0) is 13.0 Å². The van der Waals surface area contributed by atoms with E-state index in [1.54, 1.807) is 11.3 Å². The standard InChI is InChI=1S/C18H15N3S/c1-12-11-22-18(19-12)21-17-14-9-5-6-10-15(14)20-16(17)13-7-3-2-4-8-13/h2-11,20H,1H3,(H,19,21). The maximum absolute atomic E-state index is 4.52. The Kier molecular flexibility index (Phi) is 3.16. The van der Waals surface area contributed by atoms with E-state index in [-0.39, 0.29) is 0 Å². The van der Waals surface area contributed by atoms with Gasteiger partial charge < -0.3 is 10.3 Å². The van der Waals surface area contributed by atoms with Crippen LogP contribution in [0.25, 0.3) is 22.2 Å². The van der Waals surface area contributed by atoms with Crippen LogP contribution in [-0.2, 0) is 0 Å². The molecule has 0 saturated carbocycles. The third kappa shape index (κ3) is 2.27. The number of H-pyrrole nitrogens is 1. The van der Waals surface area contributed by atoms with Crippen LogP contribution in [0.3, 0.4) is 0 Å². The fraction of sp³-hybridized carbons (Fsp3) is 0.0556. The van der Waals surface area contributed by atoms with Crippen LogP contribution in [0.2, 0.25) is 0 Å². The molecule has 4 rings (SSSR count). The van der Waals surface area contributed by atoms with Gasteiger partial charge in [-0.3, -0.25) is 0 Å². The smallest absolute Gasteiger partial charge is 0.187 e. The van der Waals surface area contributed by atoms with Gasteiger partial charge in [-0.1, -0.05) is 48.5 Å². The summed E-state index contributed by atoms with van der Waals surface area (Å²) in [4.78, 5) is 8.04. The highest BCUT2D eigenvalue weighted by molar-refractivity contribution is 7.13. The number of benzene rings is 2. The third-order valence-electron chi connectivity index (χ3n) is 3.62. The van der Waals surface area contributed by atoms with E-state index in [1.807, 2.05) is 19.1 Å². The summed E-state index contributed by atoms with van der Waals surface area (Å²) >= 11 is 1.62.